The van der Waals surface area contributed by atoms with Crippen LogP contribution in [-0.4, -0.2) is 30.3 Å². The summed E-state index contributed by atoms with van der Waals surface area (Å²) in [6.45, 7) is 0. The molecule has 8 nitrogen and oxygen atoms in total. The zero-order valence-corrected chi connectivity index (χ0v) is 31.8. The minimum absolute atomic E-state index is 0.0840. The molecule has 0 fully saturated rings. The number of benzene rings is 5. The monoisotopic (exact) mass is 764 g/mol. The van der Waals surface area contributed by atoms with E-state index in [0.29, 0.717) is 23.3 Å². The number of anilines is 1. The summed E-state index contributed by atoms with van der Waals surface area (Å²) < 4.78 is 0. The summed E-state index contributed by atoms with van der Waals surface area (Å²) in [7, 11) is 0. The van der Waals surface area contributed by atoms with E-state index >= 15 is 0 Å². The normalized spacial score (nSPS) is 12.0. The van der Waals surface area contributed by atoms with Crippen molar-refractivity contribution in [3.8, 4) is 22.0 Å². The number of hydrogen-bond acceptors (Lipinski definition) is 10. The van der Waals surface area contributed by atoms with Gasteiger partial charge in [0.25, 0.3) is 0 Å². The second-order valence-electron chi connectivity index (χ2n) is 13.0. The molecule has 3 heterocycles. The Morgan fingerprint density at radius 1 is 0.679 bits per heavy atom. The summed E-state index contributed by atoms with van der Waals surface area (Å²) in [5.41, 5.74) is 19.5. The number of nitrogens with one attached hydrogen (secondary N) is 2. The fourth-order valence-corrected chi connectivity index (χ4v) is 7.94. The summed E-state index contributed by atoms with van der Waals surface area (Å²) in [6, 6.07) is 42.5. The Morgan fingerprint density at radius 2 is 1.41 bits per heavy atom. The fraction of sp³-hybridized carbons (Fsp3) is 0.0435. The number of allylic oxidation sites excluding steroid dienone is 4. The predicted octanol–water partition coefficient (Wildman–Crippen LogP) is 10.6. The molecule has 0 spiro atoms. The molecule has 8 aromatic rings. The van der Waals surface area contributed by atoms with Crippen LogP contribution in [0.2, 0.25) is 0 Å². The minimum atomic E-state index is 0.0840. The van der Waals surface area contributed by atoms with Gasteiger partial charge in [-0.1, -0.05) is 127 Å². The van der Waals surface area contributed by atoms with E-state index < -0.39 is 0 Å². The Hall–Kier alpha value is -6.75. The van der Waals surface area contributed by atoms with Crippen LogP contribution in [0.3, 0.4) is 0 Å². The highest BCUT2D eigenvalue weighted by Crippen LogP contribution is 2.31. The van der Waals surface area contributed by atoms with Gasteiger partial charge in [0.2, 0.25) is 0 Å². The molecule has 0 bridgehead atoms. The first-order valence-electron chi connectivity index (χ1n) is 18.0. The molecule has 0 saturated heterocycles. The minimum Gasteiger partial charge on any atom is -0.398 e. The van der Waals surface area contributed by atoms with Crippen LogP contribution >= 0.6 is 23.1 Å². The van der Waals surface area contributed by atoms with Gasteiger partial charge in [-0.2, -0.15) is 0 Å². The van der Waals surface area contributed by atoms with Gasteiger partial charge in [0, 0.05) is 28.6 Å². The molecule has 0 aliphatic rings. The third kappa shape index (κ3) is 7.88. The van der Waals surface area contributed by atoms with Crippen molar-refractivity contribution in [3.63, 3.8) is 0 Å². The van der Waals surface area contributed by atoms with Crippen LogP contribution in [0.15, 0.2) is 157 Å². The maximum Gasteiger partial charge on any atom is 0.166 e. The topological polar surface area (TPSA) is 151 Å². The third-order valence-electron chi connectivity index (χ3n) is 9.35. The van der Waals surface area contributed by atoms with E-state index in [1.165, 1.54) is 33.1 Å². The molecule has 0 amide bonds. The zero-order chi connectivity index (χ0) is 38.4. The molecule has 0 aliphatic heterocycles. The van der Waals surface area contributed by atoms with Gasteiger partial charge in [-0.05, 0) is 87.8 Å². The Balaban J connectivity index is 0.913. The van der Waals surface area contributed by atoms with Crippen LogP contribution in [0.1, 0.15) is 21.8 Å². The first kappa shape index (κ1) is 36.2. The van der Waals surface area contributed by atoms with Crippen molar-refractivity contribution >= 4 is 77.4 Å². The van der Waals surface area contributed by atoms with Gasteiger partial charge < -0.3 is 11.5 Å². The van der Waals surface area contributed by atoms with Crippen LogP contribution in [0.5, 0.6) is 0 Å². The van der Waals surface area contributed by atoms with E-state index in [9.17, 15) is 0 Å². The molecule has 0 atom stereocenters. The number of nitrogens with zero attached hydrogens (tertiary/aromatic N) is 4. The van der Waals surface area contributed by atoms with Gasteiger partial charge in [0.05, 0.1) is 22.6 Å². The standard InChI is InChI=1S/C46H36N8S2/c47-37-26-28-40-36(25-27-41(51-40)45(50)56-44(49)38(48)21-6-3-12-30-15-7-14-29-11-1-4-17-32(29)30)34(37)19-9-24-43-53-54-46(55-43)42-23-10-22-39(52-42)35-20-8-16-31-13-2-5-18-33(31)35/h1-11,13-23,25-28,49-50H,12,24,47-48H2/b6-3-,19-9-,38-21-,49-44?,50-45?. The first-order valence-corrected chi connectivity index (χ1v) is 19.6. The summed E-state index contributed by atoms with van der Waals surface area (Å²) in [4.78, 5) is 9.69. The van der Waals surface area contributed by atoms with Gasteiger partial charge in [-0.15, -0.1) is 10.2 Å². The molecule has 0 saturated carbocycles. The largest absolute Gasteiger partial charge is 0.398 e. The number of thioether (sulfide) groups is 1. The average molecular weight is 765 g/mol. The Labute approximate surface area is 332 Å². The quantitative estimate of drug-likeness (QED) is 0.0468. The second-order valence-corrected chi connectivity index (χ2v) is 15.1. The maximum atomic E-state index is 8.69. The Morgan fingerprint density at radius 3 is 2.27 bits per heavy atom. The highest BCUT2D eigenvalue weighted by Gasteiger charge is 2.14. The van der Waals surface area contributed by atoms with E-state index in [-0.39, 0.29) is 15.8 Å². The molecule has 10 heteroatoms. The van der Waals surface area contributed by atoms with Gasteiger partial charge in [0.1, 0.15) is 20.8 Å². The summed E-state index contributed by atoms with van der Waals surface area (Å²) in [5, 5.41) is 33.5. The van der Waals surface area contributed by atoms with E-state index in [1.807, 2.05) is 85.0 Å². The van der Waals surface area contributed by atoms with Gasteiger partial charge in [-0.3, -0.25) is 10.8 Å². The van der Waals surface area contributed by atoms with Gasteiger partial charge >= 0.3 is 0 Å². The number of fused-ring (bicyclic) bond motifs is 3. The number of aromatic nitrogens is 4. The second kappa shape index (κ2) is 16.3. The number of nitrogen functional groups attached to an aromatic ring is 1. The number of nitrogens with two attached hydrogens (primary N) is 2. The average Bonchev–Trinajstić information content (AvgIpc) is 3.72. The van der Waals surface area contributed by atoms with Crippen LogP contribution in [0.4, 0.5) is 5.69 Å². The van der Waals surface area contributed by atoms with Crippen molar-refractivity contribution in [1.82, 2.24) is 20.2 Å². The van der Waals surface area contributed by atoms with Crippen molar-refractivity contribution in [2.45, 2.75) is 12.8 Å². The first-order chi connectivity index (χ1) is 27.4. The fourth-order valence-electron chi connectivity index (χ4n) is 6.55. The molecule has 3 aromatic heterocycles. The molecule has 0 radical (unpaired) electrons. The van der Waals surface area contributed by atoms with Crippen molar-refractivity contribution in [2.24, 2.45) is 5.73 Å². The molecule has 6 N–H and O–H groups in total. The molecule has 5 aromatic carbocycles. The Kier molecular flexibility index (Phi) is 10.6. The number of rotatable bonds is 10. The van der Waals surface area contributed by atoms with Gasteiger partial charge in [-0.25, -0.2) is 9.97 Å². The SMILES string of the molecule is N=C(SC(=N)c1ccc2c(/C=C\Cc3nnc(-c4cccc(-c5cccc6ccccc56)n4)s3)c(N)ccc2n1)/C(N)=C/C=C\Cc1cccc2ccccc12. The van der Waals surface area contributed by atoms with Crippen molar-refractivity contribution in [2.75, 3.05) is 5.73 Å². The molecule has 56 heavy (non-hydrogen) atoms. The maximum absolute atomic E-state index is 8.69. The zero-order valence-electron chi connectivity index (χ0n) is 30.2. The van der Waals surface area contributed by atoms with Crippen LogP contribution in [0.25, 0.3) is 60.5 Å². The lowest BCUT2D eigenvalue weighted by Crippen LogP contribution is -2.10. The summed E-state index contributed by atoms with van der Waals surface area (Å²) >= 11 is 2.48. The lowest BCUT2D eigenvalue weighted by Gasteiger charge is -2.09. The smallest absolute Gasteiger partial charge is 0.166 e. The third-order valence-corrected chi connectivity index (χ3v) is 11.2. The predicted molar refractivity (Wildman–Crippen MR) is 236 cm³/mol. The van der Waals surface area contributed by atoms with E-state index in [4.69, 9.17) is 32.3 Å². The van der Waals surface area contributed by atoms with Crippen molar-refractivity contribution in [3.05, 3.63) is 179 Å². The molecule has 8 rings (SSSR count). The van der Waals surface area contributed by atoms with Crippen molar-refractivity contribution in [1.29, 1.82) is 10.8 Å². The number of hydrogen-bond donors (Lipinski definition) is 4. The highest BCUT2D eigenvalue weighted by atomic mass is 32.2. The Bertz CT molecular complexity index is 2860. The molecular weight excluding hydrogens is 729 g/mol. The van der Waals surface area contributed by atoms with Gasteiger partial charge in [0.15, 0.2) is 5.01 Å². The van der Waals surface area contributed by atoms with E-state index in [1.54, 1.807) is 12.1 Å². The van der Waals surface area contributed by atoms with Crippen LogP contribution in [0, 0.1) is 10.8 Å². The molecular formula is C46H36N8S2. The van der Waals surface area contributed by atoms with E-state index in [2.05, 4.69) is 70.9 Å². The molecule has 0 unspecified atom stereocenters. The van der Waals surface area contributed by atoms with Crippen LogP contribution < -0.4 is 11.5 Å². The lowest BCUT2D eigenvalue weighted by atomic mass is 10.0. The lowest BCUT2D eigenvalue weighted by molar-refractivity contribution is 1.02. The summed E-state index contributed by atoms with van der Waals surface area (Å²) in [5.74, 6) is 0. The molecule has 272 valence electrons. The van der Waals surface area contributed by atoms with Crippen LogP contribution in [-0.2, 0) is 12.8 Å². The van der Waals surface area contributed by atoms with E-state index in [0.717, 1.165) is 61.5 Å². The highest BCUT2D eigenvalue weighted by molar-refractivity contribution is 8.27. The number of pyridine rings is 2. The summed E-state index contributed by atoms with van der Waals surface area (Å²) in [6.07, 6.45) is 10.9. The molecule has 0 aliphatic carbocycles. The van der Waals surface area contributed by atoms with Crippen molar-refractivity contribution < 1.29 is 0 Å².